The average Bonchev–Trinajstić information content (AvgIpc) is 2.97. The summed E-state index contributed by atoms with van der Waals surface area (Å²) in [5, 5.41) is 1.73. The van der Waals surface area contributed by atoms with E-state index in [0.717, 1.165) is 34.9 Å². The van der Waals surface area contributed by atoms with Gasteiger partial charge in [-0.05, 0) is 42.9 Å². The van der Waals surface area contributed by atoms with Crippen LogP contribution in [0.2, 0.25) is 0 Å². The lowest BCUT2D eigenvalue weighted by Crippen LogP contribution is -2.16. The largest absolute Gasteiger partial charge is 0.462 e. The maximum Gasteiger partial charge on any atom is 0.338 e. The van der Waals surface area contributed by atoms with Crippen LogP contribution in [0.15, 0.2) is 54.6 Å². The molecule has 1 aliphatic rings. The lowest BCUT2D eigenvalue weighted by atomic mass is 9.94. The molecule has 4 rings (SSSR count). The number of rotatable bonds is 5. The molecule has 27 heavy (non-hydrogen) atoms. The highest BCUT2D eigenvalue weighted by molar-refractivity contribution is 6.27. The van der Waals surface area contributed by atoms with Crippen LogP contribution in [0, 0.1) is 0 Å². The van der Waals surface area contributed by atoms with Crippen molar-refractivity contribution >= 4 is 22.5 Å². The van der Waals surface area contributed by atoms with Gasteiger partial charge in [-0.3, -0.25) is 4.79 Å². The predicted molar refractivity (Wildman–Crippen MR) is 106 cm³/mol. The minimum atomic E-state index is -0.378. The monoisotopic (exact) mass is 359 g/mol. The van der Waals surface area contributed by atoms with Gasteiger partial charge in [-0.2, -0.15) is 0 Å². The Bertz CT molecular complexity index is 1050. The number of carbonyl (C=O) groups excluding carboxylic acids is 2. The molecule has 0 spiro atoms. The highest BCUT2D eigenvalue weighted by atomic mass is 16.5. The summed E-state index contributed by atoms with van der Waals surface area (Å²) >= 11 is 0. The molecule has 3 aromatic carbocycles. The van der Waals surface area contributed by atoms with Gasteiger partial charge < -0.3 is 9.64 Å². The molecule has 0 aromatic heterocycles. The van der Waals surface area contributed by atoms with Crippen LogP contribution in [0.25, 0.3) is 21.9 Å². The molecule has 0 atom stereocenters. The molecule has 0 fully saturated rings. The fraction of sp³-hybridized carbons (Fsp3) is 0.217. The second-order valence-corrected chi connectivity index (χ2v) is 7.06. The number of hydrogen-bond acceptors (Lipinski definition) is 4. The Labute approximate surface area is 158 Å². The number of carbonyl (C=O) groups is 2. The zero-order chi connectivity index (χ0) is 19.0. The van der Waals surface area contributed by atoms with E-state index >= 15 is 0 Å². The second kappa shape index (κ2) is 6.97. The molecule has 0 saturated carbocycles. The van der Waals surface area contributed by atoms with Crippen LogP contribution >= 0.6 is 0 Å². The quantitative estimate of drug-likeness (QED) is 0.396. The molecule has 136 valence electrons. The van der Waals surface area contributed by atoms with Crippen molar-refractivity contribution in [2.45, 2.75) is 6.42 Å². The maximum absolute atomic E-state index is 12.9. The molecule has 0 radical (unpaired) electrons. The van der Waals surface area contributed by atoms with Gasteiger partial charge in [-0.1, -0.05) is 48.5 Å². The van der Waals surface area contributed by atoms with Gasteiger partial charge in [0.05, 0.1) is 12.2 Å². The van der Waals surface area contributed by atoms with E-state index in [9.17, 15) is 9.59 Å². The van der Waals surface area contributed by atoms with E-state index < -0.39 is 0 Å². The third kappa shape index (κ3) is 3.02. The van der Waals surface area contributed by atoms with Crippen molar-refractivity contribution in [1.82, 2.24) is 4.90 Å². The third-order valence-corrected chi connectivity index (χ3v) is 4.93. The summed E-state index contributed by atoms with van der Waals surface area (Å²) in [5.41, 5.74) is 3.56. The van der Waals surface area contributed by atoms with Crippen LogP contribution in [-0.2, 0) is 4.74 Å². The molecule has 0 heterocycles. The lowest BCUT2D eigenvalue weighted by Gasteiger charge is -2.13. The number of fused-ring (bicyclic) bond motifs is 5. The van der Waals surface area contributed by atoms with E-state index in [1.165, 1.54) is 0 Å². The fourth-order valence-electron chi connectivity index (χ4n) is 3.68. The lowest BCUT2D eigenvalue weighted by molar-refractivity contribution is 0.0495. The Balaban J connectivity index is 1.77. The summed E-state index contributed by atoms with van der Waals surface area (Å²) in [7, 11) is 3.97. The van der Waals surface area contributed by atoms with E-state index in [4.69, 9.17) is 4.74 Å². The highest BCUT2D eigenvalue weighted by Crippen LogP contribution is 2.42. The first-order valence-electron chi connectivity index (χ1n) is 9.09. The Morgan fingerprint density at radius 2 is 1.59 bits per heavy atom. The first kappa shape index (κ1) is 17.4. The van der Waals surface area contributed by atoms with Gasteiger partial charge in [0.25, 0.3) is 0 Å². The van der Waals surface area contributed by atoms with Gasteiger partial charge >= 0.3 is 5.97 Å². The first-order chi connectivity index (χ1) is 13.1. The number of ether oxygens (including phenoxy) is 1. The van der Waals surface area contributed by atoms with Crippen molar-refractivity contribution < 1.29 is 14.3 Å². The highest BCUT2D eigenvalue weighted by Gasteiger charge is 2.30. The van der Waals surface area contributed by atoms with Crippen LogP contribution in [0.5, 0.6) is 0 Å². The van der Waals surface area contributed by atoms with Crippen LogP contribution in [0.1, 0.15) is 32.7 Å². The van der Waals surface area contributed by atoms with Gasteiger partial charge in [0, 0.05) is 23.2 Å². The summed E-state index contributed by atoms with van der Waals surface area (Å²) in [6.07, 6.45) is 0.770. The topological polar surface area (TPSA) is 46.6 Å². The van der Waals surface area contributed by atoms with Gasteiger partial charge in [-0.15, -0.1) is 0 Å². The molecule has 4 nitrogen and oxygen atoms in total. The third-order valence-electron chi connectivity index (χ3n) is 4.93. The van der Waals surface area contributed by atoms with Crippen molar-refractivity contribution in [1.29, 1.82) is 0 Å². The van der Waals surface area contributed by atoms with E-state index in [2.05, 4.69) is 4.90 Å². The molecule has 0 N–H and O–H groups in total. The summed E-state index contributed by atoms with van der Waals surface area (Å²) in [5.74, 6) is -0.412. The molecule has 1 aliphatic carbocycles. The summed E-state index contributed by atoms with van der Waals surface area (Å²) in [4.78, 5) is 27.7. The Morgan fingerprint density at radius 3 is 2.33 bits per heavy atom. The molecule has 0 amide bonds. The summed E-state index contributed by atoms with van der Waals surface area (Å²) < 4.78 is 5.48. The smallest absolute Gasteiger partial charge is 0.338 e. The minimum Gasteiger partial charge on any atom is -0.462 e. The number of benzene rings is 3. The molecular formula is C23H21NO3. The van der Waals surface area contributed by atoms with Crippen molar-refractivity contribution in [3.8, 4) is 11.1 Å². The number of esters is 1. The summed E-state index contributed by atoms with van der Waals surface area (Å²) in [6.45, 7) is 1.21. The predicted octanol–water partition coefficient (Wildman–Crippen LogP) is 4.16. The van der Waals surface area contributed by atoms with Crippen LogP contribution in [0.3, 0.4) is 0 Å². The van der Waals surface area contributed by atoms with Crippen molar-refractivity contribution in [2.75, 3.05) is 27.2 Å². The standard InChI is InChI=1S/C23H21NO3/c1-24(2)12-7-13-27-23(26)19-14-20-21(16-9-4-3-8-15(16)19)17-10-5-6-11-18(17)22(20)25/h3-6,8-11,14H,7,12-13H2,1-2H3. The number of nitrogens with zero attached hydrogens (tertiary/aromatic N) is 1. The molecule has 4 heteroatoms. The Morgan fingerprint density at radius 1 is 0.926 bits per heavy atom. The molecule has 0 unspecified atom stereocenters. The SMILES string of the molecule is CN(C)CCCOC(=O)c1cc2c(c3ccccc13)-c1ccccc1C2=O. The van der Waals surface area contributed by atoms with Crippen molar-refractivity contribution in [2.24, 2.45) is 0 Å². The average molecular weight is 359 g/mol. The van der Waals surface area contributed by atoms with Crippen LogP contribution in [0.4, 0.5) is 0 Å². The normalized spacial score (nSPS) is 12.3. The van der Waals surface area contributed by atoms with Crippen molar-refractivity contribution in [3.63, 3.8) is 0 Å². The Hall–Kier alpha value is -2.98. The van der Waals surface area contributed by atoms with Gasteiger partial charge in [0.15, 0.2) is 5.78 Å². The molecule has 0 saturated heterocycles. The molecule has 0 aliphatic heterocycles. The van der Waals surface area contributed by atoms with E-state index in [-0.39, 0.29) is 11.8 Å². The van der Waals surface area contributed by atoms with Crippen LogP contribution < -0.4 is 0 Å². The fourth-order valence-corrected chi connectivity index (χ4v) is 3.68. The first-order valence-corrected chi connectivity index (χ1v) is 9.09. The zero-order valence-corrected chi connectivity index (χ0v) is 15.5. The summed E-state index contributed by atoms with van der Waals surface area (Å²) in [6, 6.07) is 17.0. The minimum absolute atomic E-state index is 0.0342. The number of hydrogen-bond donors (Lipinski definition) is 0. The maximum atomic E-state index is 12.9. The van der Waals surface area contributed by atoms with Gasteiger partial charge in [0.1, 0.15) is 0 Å². The number of ketones is 1. The van der Waals surface area contributed by atoms with E-state index in [0.29, 0.717) is 23.3 Å². The molecular weight excluding hydrogens is 338 g/mol. The Kier molecular flexibility index (Phi) is 4.50. The zero-order valence-electron chi connectivity index (χ0n) is 15.5. The van der Waals surface area contributed by atoms with Gasteiger partial charge in [-0.25, -0.2) is 4.79 Å². The molecule has 0 bridgehead atoms. The second-order valence-electron chi connectivity index (χ2n) is 7.06. The van der Waals surface area contributed by atoms with Crippen LogP contribution in [-0.4, -0.2) is 43.9 Å². The van der Waals surface area contributed by atoms with E-state index in [1.807, 2.05) is 62.6 Å². The van der Waals surface area contributed by atoms with Crippen molar-refractivity contribution in [3.05, 3.63) is 71.3 Å². The van der Waals surface area contributed by atoms with E-state index in [1.54, 1.807) is 6.07 Å². The molecule has 3 aromatic rings. The van der Waals surface area contributed by atoms with Gasteiger partial charge in [0.2, 0.25) is 0 Å².